The van der Waals surface area contributed by atoms with E-state index >= 15 is 0 Å². The second kappa shape index (κ2) is 6.18. The lowest BCUT2D eigenvalue weighted by atomic mass is 9.85. The third kappa shape index (κ3) is 4.08. The summed E-state index contributed by atoms with van der Waals surface area (Å²) in [5, 5.41) is 3.22. The molecule has 1 fully saturated rings. The second-order valence-corrected chi connectivity index (χ2v) is 7.45. The quantitative estimate of drug-likeness (QED) is 0.897. The van der Waals surface area contributed by atoms with Crippen molar-refractivity contribution in [1.29, 1.82) is 0 Å². The molecule has 0 aromatic carbocycles. The molecule has 3 heteroatoms. The summed E-state index contributed by atoms with van der Waals surface area (Å²) in [5.74, 6) is 0. The van der Waals surface area contributed by atoms with Crippen LogP contribution in [0.2, 0.25) is 0 Å². The summed E-state index contributed by atoms with van der Waals surface area (Å²) in [6.45, 7) is 9.48. The van der Waals surface area contributed by atoms with Crippen molar-refractivity contribution in [3.63, 3.8) is 0 Å². The van der Waals surface area contributed by atoms with E-state index in [-0.39, 0.29) is 0 Å². The maximum Gasteiger partial charge on any atom is 0.0328 e. The van der Waals surface area contributed by atoms with Crippen LogP contribution in [0.3, 0.4) is 0 Å². The Labute approximate surface area is 115 Å². The van der Waals surface area contributed by atoms with E-state index in [1.54, 1.807) is 0 Å². The van der Waals surface area contributed by atoms with Crippen molar-refractivity contribution >= 4 is 11.3 Å². The number of hydrogen-bond acceptors (Lipinski definition) is 3. The number of hydrogen-bond donors (Lipinski definition) is 1. The zero-order valence-electron chi connectivity index (χ0n) is 12.0. The number of nitrogens with zero attached hydrogens (tertiary/aromatic N) is 1. The van der Waals surface area contributed by atoms with Crippen molar-refractivity contribution in [1.82, 2.24) is 10.2 Å². The Kier molecular flexibility index (Phi) is 4.82. The van der Waals surface area contributed by atoms with Gasteiger partial charge in [-0.25, -0.2) is 0 Å². The first-order valence-corrected chi connectivity index (χ1v) is 7.85. The molecule has 2 heterocycles. The fraction of sp³-hybridized carbons (Fsp3) is 0.733. The van der Waals surface area contributed by atoms with E-state index in [4.69, 9.17) is 0 Å². The Hall–Kier alpha value is -0.380. The first kappa shape index (κ1) is 14.0. The van der Waals surface area contributed by atoms with E-state index in [1.165, 1.54) is 42.1 Å². The third-order valence-electron chi connectivity index (χ3n) is 3.88. The molecule has 1 aromatic rings. The van der Waals surface area contributed by atoms with Crippen LogP contribution in [0.5, 0.6) is 0 Å². The highest BCUT2D eigenvalue weighted by atomic mass is 32.1. The maximum absolute atomic E-state index is 3.22. The van der Waals surface area contributed by atoms with E-state index in [2.05, 4.69) is 36.2 Å². The first-order chi connectivity index (χ1) is 8.59. The SMILES string of the molecule is CNCc1ccc(CN2CCCC(C)(C)CC2)s1. The molecule has 1 saturated heterocycles. The molecule has 0 unspecified atom stereocenters. The van der Waals surface area contributed by atoms with Gasteiger partial charge in [0.15, 0.2) is 0 Å². The van der Waals surface area contributed by atoms with Crippen LogP contribution in [0.25, 0.3) is 0 Å². The zero-order chi connectivity index (χ0) is 13.0. The number of nitrogens with one attached hydrogen (secondary N) is 1. The lowest BCUT2D eigenvalue weighted by molar-refractivity contribution is 0.257. The Bertz CT molecular complexity index is 370. The van der Waals surface area contributed by atoms with E-state index in [0.717, 1.165) is 13.1 Å². The monoisotopic (exact) mass is 266 g/mol. The highest BCUT2D eigenvalue weighted by Gasteiger charge is 2.23. The molecule has 1 aromatic heterocycles. The van der Waals surface area contributed by atoms with Gasteiger partial charge in [0.25, 0.3) is 0 Å². The van der Waals surface area contributed by atoms with Crippen LogP contribution in [0.15, 0.2) is 12.1 Å². The van der Waals surface area contributed by atoms with Gasteiger partial charge in [0, 0.05) is 22.8 Å². The maximum atomic E-state index is 3.22. The van der Waals surface area contributed by atoms with E-state index in [1.807, 2.05) is 18.4 Å². The van der Waals surface area contributed by atoms with Gasteiger partial charge >= 0.3 is 0 Å². The molecule has 0 aliphatic carbocycles. The van der Waals surface area contributed by atoms with E-state index < -0.39 is 0 Å². The lowest BCUT2D eigenvalue weighted by Gasteiger charge is -2.22. The van der Waals surface area contributed by atoms with Gasteiger partial charge in [0.05, 0.1) is 0 Å². The molecule has 2 nitrogen and oxygen atoms in total. The summed E-state index contributed by atoms with van der Waals surface area (Å²) < 4.78 is 0. The van der Waals surface area contributed by atoms with E-state index in [9.17, 15) is 0 Å². The molecule has 1 N–H and O–H groups in total. The van der Waals surface area contributed by atoms with Gasteiger partial charge in [0.2, 0.25) is 0 Å². The molecule has 0 bridgehead atoms. The number of rotatable bonds is 4. The molecule has 1 aliphatic rings. The van der Waals surface area contributed by atoms with Crippen molar-refractivity contribution in [2.75, 3.05) is 20.1 Å². The predicted molar refractivity (Wildman–Crippen MR) is 80.0 cm³/mol. The average Bonchev–Trinajstić information content (AvgIpc) is 2.66. The zero-order valence-corrected chi connectivity index (χ0v) is 12.8. The van der Waals surface area contributed by atoms with Crippen LogP contribution in [0.1, 0.15) is 42.9 Å². The van der Waals surface area contributed by atoms with Crippen molar-refractivity contribution in [2.45, 2.75) is 46.2 Å². The normalized spacial score (nSPS) is 20.8. The van der Waals surface area contributed by atoms with Gasteiger partial charge in [0.1, 0.15) is 0 Å². The molecule has 1 aliphatic heterocycles. The minimum atomic E-state index is 0.543. The third-order valence-corrected chi connectivity index (χ3v) is 4.95. The van der Waals surface area contributed by atoms with Gasteiger partial charge in [-0.1, -0.05) is 13.8 Å². The second-order valence-electron chi connectivity index (χ2n) is 6.19. The van der Waals surface area contributed by atoms with Gasteiger partial charge < -0.3 is 5.32 Å². The van der Waals surface area contributed by atoms with Gasteiger partial charge in [-0.05, 0) is 56.9 Å². The van der Waals surface area contributed by atoms with Crippen molar-refractivity contribution in [3.05, 3.63) is 21.9 Å². The van der Waals surface area contributed by atoms with Crippen LogP contribution in [-0.4, -0.2) is 25.0 Å². The Morgan fingerprint density at radius 1 is 1.22 bits per heavy atom. The number of likely N-dealkylation sites (tertiary alicyclic amines) is 1. The van der Waals surface area contributed by atoms with Gasteiger partial charge in [-0.15, -0.1) is 11.3 Å². The Balaban J connectivity index is 1.88. The van der Waals surface area contributed by atoms with Crippen molar-refractivity contribution in [2.24, 2.45) is 5.41 Å². The Morgan fingerprint density at radius 2 is 2.00 bits per heavy atom. The molecule has 0 amide bonds. The van der Waals surface area contributed by atoms with Crippen LogP contribution in [-0.2, 0) is 13.1 Å². The van der Waals surface area contributed by atoms with E-state index in [0.29, 0.717) is 5.41 Å². The summed E-state index contributed by atoms with van der Waals surface area (Å²) in [5.41, 5.74) is 0.543. The van der Waals surface area contributed by atoms with Crippen LogP contribution < -0.4 is 5.32 Å². The van der Waals surface area contributed by atoms with Gasteiger partial charge in [-0.2, -0.15) is 0 Å². The standard InChI is InChI=1S/C15H26N2S/c1-15(2)7-4-9-17(10-8-15)12-14-6-5-13(18-14)11-16-3/h5-6,16H,4,7-12H2,1-3H3. The first-order valence-electron chi connectivity index (χ1n) is 7.04. The highest BCUT2D eigenvalue weighted by molar-refractivity contribution is 7.11. The number of thiophene rings is 1. The smallest absolute Gasteiger partial charge is 0.0328 e. The topological polar surface area (TPSA) is 15.3 Å². The summed E-state index contributed by atoms with van der Waals surface area (Å²) in [7, 11) is 2.01. The van der Waals surface area contributed by atoms with Crippen LogP contribution in [0, 0.1) is 5.41 Å². The Morgan fingerprint density at radius 3 is 2.78 bits per heavy atom. The predicted octanol–water partition coefficient (Wildman–Crippen LogP) is 3.48. The molecule has 18 heavy (non-hydrogen) atoms. The molecular formula is C15H26N2S. The summed E-state index contributed by atoms with van der Waals surface area (Å²) in [6, 6.07) is 4.56. The lowest BCUT2D eigenvalue weighted by Crippen LogP contribution is -2.24. The van der Waals surface area contributed by atoms with Crippen molar-refractivity contribution < 1.29 is 0 Å². The summed E-state index contributed by atoms with van der Waals surface area (Å²) in [4.78, 5) is 5.59. The van der Waals surface area contributed by atoms with Gasteiger partial charge in [-0.3, -0.25) is 4.90 Å². The van der Waals surface area contributed by atoms with Crippen LogP contribution >= 0.6 is 11.3 Å². The molecule has 102 valence electrons. The molecule has 2 rings (SSSR count). The average molecular weight is 266 g/mol. The largest absolute Gasteiger partial charge is 0.315 e. The molecule has 0 atom stereocenters. The minimum Gasteiger partial charge on any atom is -0.315 e. The fourth-order valence-electron chi connectivity index (χ4n) is 2.63. The minimum absolute atomic E-state index is 0.543. The van der Waals surface area contributed by atoms with Crippen molar-refractivity contribution in [3.8, 4) is 0 Å². The summed E-state index contributed by atoms with van der Waals surface area (Å²) >= 11 is 1.95. The molecular weight excluding hydrogens is 240 g/mol. The molecule has 0 spiro atoms. The molecule has 0 radical (unpaired) electrons. The highest BCUT2D eigenvalue weighted by Crippen LogP contribution is 2.30. The molecule has 0 saturated carbocycles. The van der Waals surface area contributed by atoms with Crippen LogP contribution in [0.4, 0.5) is 0 Å². The summed E-state index contributed by atoms with van der Waals surface area (Å²) in [6.07, 6.45) is 4.06. The fourth-order valence-corrected chi connectivity index (χ4v) is 3.71.